The minimum atomic E-state index is -0.424. The second-order valence-electron chi connectivity index (χ2n) is 4.34. The van der Waals surface area contributed by atoms with Crippen LogP contribution in [0.25, 0.3) is 0 Å². The summed E-state index contributed by atoms with van der Waals surface area (Å²) in [5.74, 6) is -0.178. The van der Waals surface area contributed by atoms with Gasteiger partial charge in [-0.25, -0.2) is 4.79 Å². The lowest BCUT2D eigenvalue weighted by Gasteiger charge is -2.19. The van der Waals surface area contributed by atoms with Crippen molar-refractivity contribution in [2.75, 3.05) is 19.7 Å². The maximum absolute atomic E-state index is 11.9. The average molecular weight is 263 g/mol. The fourth-order valence-electron chi connectivity index (χ4n) is 2.00. The predicted molar refractivity (Wildman–Crippen MR) is 68.3 cm³/mol. The van der Waals surface area contributed by atoms with Crippen molar-refractivity contribution in [3.63, 3.8) is 0 Å². The van der Waals surface area contributed by atoms with E-state index in [1.807, 2.05) is 19.1 Å². The van der Waals surface area contributed by atoms with E-state index in [1.165, 1.54) is 4.90 Å². The minimum absolute atomic E-state index is 0.0421. The Labute approximate surface area is 111 Å². The number of hydrogen-bond donors (Lipinski definition) is 1. The van der Waals surface area contributed by atoms with Gasteiger partial charge in [-0.1, -0.05) is 6.92 Å². The van der Waals surface area contributed by atoms with Crippen molar-refractivity contribution < 1.29 is 14.3 Å². The van der Waals surface area contributed by atoms with Crippen LogP contribution in [0.1, 0.15) is 24.9 Å². The van der Waals surface area contributed by atoms with Gasteiger partial charge in [0.1, 0.15) is 13.2 Å². The third kappa shape index (κ3) is 3.43. The fourth-order valence-corrected chi connectivity index (χ4v) is 2.00. The second-order valence-corrected chi connectivity index (χ2v) is 4.34. The van der Waals surface area contributed by atoms with E-state index >= 15 is 0 Å². The molecule has 19 heavy (non-hydrogen) atoms. The fraction of sp³-hybridized carbons (Fsp3) is 0.462. The molecule has 1 aromatic rings. The number of rotatable bonds is 5. The Morgan fingerprint density at radius 3 is 2.84 bits per heavy atom. The lowest BCUT2D eigenvalue weighted by atomic mass is 10.1. The molecule has 1 aliphatic heterocycles. The van der Waals surface area contributed by atoms with E-state index in [9.17, 15) is 9.59 Å². The predicted octanol–water partition coefficient (Wildman–Crippen LogP) is 1.10. The Kier molecular flexibility index (Phi) is 4.33. The Morgan fingerprint density at radius 2 is 2.26 bits per heavy atom. The molecule has 0 aromatic carbocycles. The molecule has 2 rings (SSSR count). The number of amides is 2. The van der Waals surface area contributed by atoms with E-state index in [1.54, 1.807) is 12.4 Å². The van der Waals surface area contributed by atoms with Crippen molar-refractivity contribution in [1.82, 2.24) is 15.2 Å². The van der Waals surface area contributed by atoms with Crippen LogP contribution in [0, 0.1) is 0 Å². The first-order valence-electron chi connectivity index (χ1n) is 6.31. The summed E-state index contributed by atoms with van der Waals surface area (Å²) in [4.78, 5) is 28.5. The van der Waals surface area contributed by atoms with Gasteiger partial charge >= 0.3 is 6.09 Å². The molecule has 0 radical (unpaired) electrons. The first kappa shape index (κ1) is 13.3. The molecule has 1 fully saturated rings. The highest BCUT2D eigenvalue weighted by molar-refractivity contribution is 5.83. The number of aromatic nitrogens is 1. The number of cyclic esters (lactones) is 1. The zero-order valence-electron chi connectivity index (χ0n) is 10.8. The third-order valence-corrected chi connectivity index (χ3v) is 3.03. The Morgan fingerprint density at radius 1 is 1.53 bits per heavy atom. The maximum atomic E-state index is 11.9. The largest absolute Gasteiger partial charge is 0.448 e. The molecule has 1 unspecified atom stereocenters. The van der Waals surface area contributed by atoms with Crippen molar-refractivity contribution in [3.8, 4) is 0 Å². The molecular formula is C13H17N3O3. The lowest BCUT2D eigenvalue weighted by molar-refractivity contribution is -0.122. The number of carbonyl (C=O) groups excluding carboxylic acids is 2. The van der Waals surface area contributed by atoms with E-state index < -0.39 is 6.09 Å². The van der Waals surface area contributed by atoms with E-state index in [-0.39, 0.29) is 18.5 Å². The summed E-state index contributed by atoms with van der Waals surface area (Å²) in [5, 5.41) is 2.91. The van der Waals surface area contributed by atoms with Gasteiger partial charge < -0.3 is 10.1 Å². The van der Waals surface area contributed by atoms with Crippen molar-refractivity contribution in [2.24, 2.45) is 0 Å². The van der Waals surface area contributed by atoms with Gasteiger partial charge in [-0.15, -0.1) is 0 Å². The monoisotopic (exact) mass is 263 g/mol. The third-order valence-electron chi connectivity index (χ3n) is 3.03. The topological polar surface area (TPSA) is 71.5 Å². The number of ether oxygens (including phenoxy) is 1. The van der Waals surface area contributed by atoms with Gasteiger partial charge in [0.2, 0.25) is 5.91 Å². The van der Waals surface area contributed by atoms with Crippen LogP contribution in [-0.2, 0) is 9.53 Å². The summed E-state index contributed by atoms with van der Waals surface area (Å²) in [6, 6.07) is 3.69. The summed E-state index contributed by atoms with van der Waals surface area (Å²) in [7, 11) is 0. The van der Waals surface area contributed by atoms with E-state index in [2.05, 4.69) is 10.3 Å². The first-order chi connectivity index (χ1) is 9.20. The molecule has 6 nitrogen and oxygen atoms in total. The van der Waals surface area contributed by atoms with E-state index in [0.29, 0.717) is 13.2 Å². The quantitative estimate of drug-likeness (QED) is 0.863. The van der Waals surface area contributed by atoms with E-state index in [0.717, 1.165) is 12.0 Å². The van der Waals surface area contributed by atoms with Gasteiger partial charge in [0.05, 0.1) is 12.6 Å². The van der Waals surface area contributed by atoms with Crippen molar-refractivity contribution in [2.45, 2.75) is 19.4 Å². The Hall–Kier alpha value is -2.11. The first-order valence-corrected chi connectivity index (χ1v) is 6.31. The smallest absolute Gasteiger partial charge is 0.410 e. The van der Waals surface area contributed by atoms with Crippen LogP contribution >= 0.6 is 0 Å². The standard InChI is InChI=1S/C13H17N3O3/c1-2-11(10-3-5-14-6-4-10)15-12(17)9-16-7-8-19-13(16)18/h3-6,11H,2,7-9H2,1H3,(H,15,17). The lowest BCUT2D eigenvalue weighted by Crippen LogP contribution is -2.39. The van der Waals surface area contributed by atoms with Crippen molar-refractivity contribution >= 4 is 12.0 Å². The van der Waals surface area contributed by atoms with Crippen LogP contribution in [0.2, 0.25) is 0 Å². The molecule has 1 aromatic heterocycles. The number of nitrogens with one attached hydrogen (secondary N) is 1. The Bertz CT molecular complexity index is 450. The average Bonchev–Trinajstić information content (AvgIpc) is 2.82. The zero-order valence-corrected chi connectivity index (χ0v) is 10.8. The Balaban J connectivity index is 1.91. The second kappa shape index (κ2) is 6.17. The normalized spacial score (nSPS) is 16.1. The van der Waals surface area contributed by atoms with Crippen molar-refractivity contribution in [1.29, 1.82) is 0 Å². The molecule has 1 saturated heterocycles. The highest BCUT2D eigenvalue weighted by atomic mass is 16.6. The summed E-state index contributed by atoms with van der Waals surface area (Å²) in [5.41, 5.74) is 1.01. The summed E-state index contributed by atoms with van der Waals surface area (Å²) in [6.07, 6.45) is 3.75. The molecule has 1 atom stereocenters. The highest BCUT2D eigenvalue weighted by Gasteiger charge is 2.24. The molecular weight excluding hydrogens is 246 g/mol. The van der Waals surface area contributed by atoms with E-state index in [4.69, 9.17) is 4.74 Å². The molecule has 1 N–H and O–H groups in total. The SMILES string of the molecule is CCC(NC(=O)CN1CCOC1=O)c1ccncc1. The highest BCUT2D eigenvalue weighted by Crippen LogP contribution is 2.15. The van der Waals surface area contributed by atoms with Crippen LogP contribution in [0.4, 0.5) is 4.79 Å². The molecule has 0 spiro atoms. The summed E-state index contributed by atoms with van der Waals surface area (Å²) >= 11 is 0. The summed E-state index contributed by atoms with van der Waals surface area (Å²) < 4.78 is 4.78. The van der Waals surface area contributed by atoms with Crippen LogP contribution < -0.4 is 5.32 Å². The molecule has 2 amide bonds. The number of hydrogen-bond acceptors (Lipinski definition) is 4. The molecule has 2 heterocycles. The molecule has 0 bridgehead atoms. The van der Waals surface area contributed by atoms with Gasteiger partial charge in [0, 0.05) is 12.4 Å². The molecule has 1 aliphatic rings. The zero-order chi connectivity index (χ0) is 13.7. The number of pyridine rings is 1. The van der Waals surface area contributed by atoms with Gasteiger partial charge in [-0.3, -0.25) is 14.7 Å². The maximum Gasteiger partial charge on any atom is 0.410 e. The van der Waals surface area contributed by atoms with Crippen molar-refractivity contribution in [3.05, 3.63) is 30.1 Å². The summed E-state index contributed by atoms with van der Waals surface area (Å²) in [6.45, 7) is 2.86. The van der Waals surface area contributed by atoms with Crippen LogP contribution in [-0.4, -0.2) is 41.6 Å². The number of nitrogens with zero attached hydrogens (tertiary/aromatic N) is 2. The van der Waals surface area contributed by atoms with Gasteiger partial charge in [0.15, 0.2) is 0 Å². The molecule has 0 aliphatic carbocycles. The van der Waals surface area contributed by atoms with Crippen LogP contribution in [0.5, 0.6) is 0 Å². The van der Waals surface area contributed by atoms with Crippen LogP contribution in [0.15, 0.2) is 24.5 Å². The molecule has 102 valence electrons. The van der Waals surface area contributed by atoms with Crippen LogP contribution in [0.3, 0.4) is 0 Å². The molecule has 6 heteroatoms. The van der Waals surface area contributed by atoms with Gasteiger partial charge in [0.25, 0.3) is 0 Å². The van der Waals surface area contributed by atoms with Gasteiger partial charge in [-0.2, -0.15) is 0 Å². The van der Waals surface area contributed by atoms with Gasteiger partial charge in [-0.05, 0) is 24.1 Å². The molecule has 0 saturated carbocycles. The minimum Gasteiger partial charge on any atom is -0.448 e. The number of carbonyl (C=O) groups is 2.